The third kappa shape index (κ3) is 3.36. The minimum absolute atomic E-state index is 0.786. The Balaban J connectivity index is 1.55. The summed E-state index contributed by atoms with van der Waals surface area (Å²) in [4.78, 5) is 16.3. The molecule has 1 fully saturated rings. The smallest absolute Gasteiger partial charge is 0.165 e. The van der Waals surface area contributed by atoms with Crippen LogP contribution in [0.15, 0.2) is 54.7 Å². The zero-order valence-corrected chi connectivity index (χ0v) is 16.7. The zero-order valence-electron chi connectivity index (χ0n) is 16.7. The third-order valence-corrected chi connectivity index (χ3v) is 5.35. The Hall–Kier alpha value is -3.25. The molecular weight excluding hydrogens is 362 g/mol. The van der Waals surface area contributed by atoms with E-state index < -0.39 is 0 Å². The second-order valence-electron chi connectivity index (χ2n) is 7.34. The van der Waals surface area contributed by atoms with Crippen LogP contribution in [0.2, 0.25) is 0 Å². The second-order valence-corrected chi connectivity index (χ2v) is 7.34. The molecule has 6 nitrogen and oxygen atoms in total. The highest BCUT2D eigenvalue weighted by atomic mass is 16.5. The molecule has 0 aliphatic carbocycles. The first kappa shape index (κ1) is 17.8. The minimum Gasteiger partial charge on any atom is -0.378 e. The number of hydrogen-bond acceptors (Lipinski definition) is 5. The van der Waals surface area contributed by atoms with E-state index in [2.05, 4.69) is 44.8 Å². The van der Waals surface area contributed by atoms with E-state index in [0.717, 1.165) is 65.9 Å². The van der Waals surface area contributed by atoms with Crippen molar-refractivity contribution in [2.75, 3.05) is 31.2 Å². The Labute approximate surface area is 169 Å². The molecule has 0 bridgehead atoms. The monoisotopic (exact) mass is 385 g/mol. The highest BCUT2D eigenvalue weighted by Gasteiger charge is 2.14. The van der Waals surface area contributed by atoms with Crippen LogP contribution in [-0.4, -0.2) is 45.8 Å². The van der Waals surface area contributed by atoms with Gasteiger partial charge in [0.15, 0.2) is 5.65 Å². The van der Waals surface area contributed by atoms with Gasteiger partial charge >= 0.3 is 0 Å². The van der Waals surface area contributed by atoms with Crippen LogP contribution in [0.25, 0.3) is 28.1 Å². The van der Waals surface area contributed by atoms with E-state index in [1.54, 1.807) is 0 Å². The van der Waals surface area contributed by atoms with Crippen LogP contribution >= 0.6 is 0 Å². The van der Waals surface area contributed by atoms with Crippen molar-refractivity contribution in [1.29, 1.82) is 0 Å². The van der Waals surface area contributed by atoms with Crippen LogP contribution in [0.3, 0.4) is 0 Å². The molecule has 29 heavy (non-hydrogen) atoms. The maximum absolute atomic E-state index is 5.46. The summed E-state index contributed by atoms with van der Waals surface area (Å²) in [6.07, 6.45) is 1.82. The highest BCUT2D eigenvalue weighted by Crippen LogP contribution is 2.26. The van der Waals surface area contributed by atoms with Crippen LogP contribution in [0, 0.1) is 13.8 Å². The van der Waals surface area contributed by atoms with Crippen molar-refractivity contribution in [2.24, 2.45) is 0 Å². The number of aryl methyl sites for hydroxylation is 2. The Morgan fingerprint density at radius 2 is 1.62 bits per heavy atom. The summed E-state index contributed by atoms with van der Waals surface area (Å²) in [7, 11) is 0. The van der Waals surface area contributed by atoms with E-state index in [-0.39, 0.29) is 0 Å². The average molecular weight is 385 g/mol. The SMILES string of the molecule is Cc1cc(-c2ccc3nc(C)n(-c4ccc(N5CCOCC5)cc4)c3n2)ccn1. The number of pyridine rings is 2. The number of ether oxygens (including phenoxy) is 1. The van der Waals surface area contributed by atoms with Crippen LogP contribution in [0.5, 0.6) is 0 Å². The van der Waals surface area contributed by atoms with Crippen molar-refractivity contribution in [3.05, 3.63) is 66.2 Å². The molecule has 0 spiro atoms. The van der Waals surface area contributed by atoms with Gasteiger partial charge < -0.3 is 9.64 Å². The molecule has 4 heterocycles. The quantitative estimate of drug-likeness (QED) is 0.535. The predicted molar refractivity (Wildman–Crippen MR) is 115 cm³/mol. The Kier molecular flexibility index (Phi) is 4.48. The molecule has 0 radical (unpaired) electrons. The number of benzene rings is 1. The predicted octanol–water partition coefficient (Wildman–Crippen LogP) is 3.94. The molecule has 4 aromatic rings. The van der Waals surface area contributed by atoms with Gasteiger partial charge in [0.1, 0.15) is 11.3 Å². The van der Waals surface area contributed by atoms with Crippen molar-refractivity contribution >= 4 is 16.9 Å². The molecular formula is C23H23N5O. The Bertz CT molecular complexity index is 1160. The molecule has 0 N–H and O–H groups in total. The third-order valence-electron chi connectivity index (χ3n) is 5.35. The molecule has 0 saturated carbocycles. The molecule has 0 amide bonds. The summed E-state index contributed by atoms with van der Waals surface area (Å²) in [6, 6.07) is 16.7. The lowest BCUT2D eigenvalue weighted by atomic mass is 10.1. The number of rotatable bonds is 3. The lowest BCUT2D eigenvalue weighted by Gasteiger charge is -2.29. The van der Waals surface area contributed by atoms with E-state index in [4.69, 9.17) is 14.7 Å². The van der Waals surface area contributed by atoms with Crippen molar-refractivity contribution in [2.45, 2.75) is 13.8 Å². The van der Waals surface area contributed by atoms with E-state index >= 15 is 0 Å². The first-order valence-corrected chi connectivity index (χ1v) is 9.91. The lowest BCUT2D eigenvalue weighted by molar-refractivity contribution is 0.122. The largest absolute Gasteiger partial charge is 0.378 e. The summed E-state index contributed by atoms with van der Waals surface area (Å²) in [6.45, 7) is 7.45. The number of aromatic nitrogens is 4. The van der Waals surface area contributed by atoms with Gasteiger partial charge in [0, 0.05) is 41.9 Å². The summed E-state index contributed by atoms with van der Waals surface area (Å²) >= 11 is 0. The minimum atomic E-state index is 0.786. The number of morpholine rings is 1. The number of anilines is 1. The van der Waals surface area contributed by atoms with E-state index in [0.29, 0.717) is 0 Å². The van der Waals surface area contributed by atoms with Crippen LogP contribution < -0.4 is 4.90 Å². The van der Waals surface area contributed by atoms with Gasteiger partial charge in [-0.25, -0.2) is 9.97 Å². The fourth-order valence-corrected chi connectivity index (χ4v) is 3.88. The molecule has 1 aromatic carbocycles. The van der Waals surface area contributed by atoms with Gasteiger partial charge in [-0.1, -0.05) is 0 Å². The van der Waals surface area contributed by atoms with Crippen molar-refractivity contribution in [3.63, 3.8) is 0 Å². The van der Waals surface area contributed by atoms with Crippen LogP contribution in [0.4, 0.5) is 5.69 Å². The number of hydrogen-bond donors (Lipinski definition) is 0. The standard InChI is InChI=1S/C23H23N5O/c1-16-15-18(9-10-24-16)21-7-8-22-23(26-21)28(17(2)25-22)20-5-3-19(4-6-20)27-11-13-29-14-12-27/h3-10,15H,11-14H2,1-2H3. The van der Waals surface area contributed by atoms with Gasteiger partial charge in [-0.3, -0.25) is 9.55 Å². The maximum Gasteiger partial charge on any atom is 0.165 e. The van der Waals surface area contributed by atoms with Gasteiger partial charge in [0.05, 0.1) is 18.9 Å². The van der Waals surface area contributed by atoms with Gasteiger partial charge in [0.25, 0.3) is 0 Å². The molecule has 1 aliphatic rings. The first-order chi connectivity index (χ1) is 14.2. The summed E-state index contributed by atoms with van der Waals surface area (Å²) in [5, 5.41) is 0. The maximum atomic E-state index is 5.46. The van der Waals surface area contributed by atoms with E-state index in [9.17, 15) is 0 Å². The fraction of sp³-hybridized carbons (Fsp3) is 0.261. The number of imidazole rings is 1. The fourth-order valence-electron chi connectivity index (χ4n) is 3.88. The lowest BCUT2D eigenvalue weighted by Crippen LogP contribution is -2.36. The van der Waals surface area contributed by atoms with E-state index in [1.165, 1.54) is 5.69 Å². The van der Waals surface area contributed by atoms with Gasteiger partial charge in [-0.15, -0.1) is 0 Å². The van der Waals surface area contributed by atoms with Gasteiger partial charge in [-0.2, -0.15) is 0 Å². The molecule has 1 saturated heterocycles. The van der Waals surface area contributed by atoms with Crippen LogP contribution in [0.1, 0.15) is 11.5 Å². The summed E-state index contributed by atoms with van der Waals surface area (Å²) < 4.78 is 7.58. The normalized spacial score (nSPS) is 14.5. The van der Waals surface area contributed by atoms with Crippen molar-refractivity contribution in [3.8, 4) is 16.9 Å². The molecule has 5 rings (SSSR count). The molecule has 0 atom stereocenters. The Morgan fingerprint density at radius 3 is 2.38 bits per heavy atom. The topological polar surface area (TPSA) is 56.1 Å². The van der Waals surface area contributed by atoms with Gasteiger partial charge in [-0.05, 0) is 62.4 Å². The average Bonchev–Trinajstić information content (AvgIpc) is 3.09. The molecule has 6 heteroatoms. The molecule has 3 aromatic heterocycles. The summed E-state index contributed by atoms with van der Waals surface area (Å²) in [5.74, 6) is 0.926. The zero-order chi connectivity index (χ0) is 19.8. The van der Waals surface area contributed by atoms with Crippen molar-refractivity contribution < 1.29 is 4.74 Å². The first-order valence-electron chi connectivity index (χ1n) is 9.91. The Morgan fingerprint density at radius 1 is 0.862 bits per heavy atom. The number of fused-ring (bicyclic) bond motifs is 1. The summed E-state index contributed by atoms with van der Waals surface area (Å²) in [5.41, 5.74) is 7.02. The van der Waals surface area contributed by atoms with Crippen LogP contribution in [-0.2, 0) is 4.74 Å². The highest BCUT2D eigenvalue weighted by molar-refractivity contribution is 5.78. The van der Waals surface area contributed by atoms with Crippen molar-refractivity contribution in [1.82, 2.24) is 19.5 Å². The number of nitrogens with zero attached hydrogens (tertiary/aromatic N) is 5. The molecule has 146 valence electrons. The van der Waals surface area contributed by atoms with E-state index in [1.807, 2.05) is 38.2 Å². The molecule has 1 aliphatic heterocycles. The molecule has 0 unspecified atom stereocenters. The van der Waals surface area contributed by atoms with Gasteiger partial charge in [0.2, 0.25) is 0 Å². The second kappa shape index (κ2) is 7.29.